The van der Waals surface area contributed by atoms with Crippen molar-refractivity contribution in [2.45, 2.75) is 37.4 Å². The van der Waals surface area contributed by atoms with Gasteiger partial charge in [0, 0.05) is 0 Å². The van der Waals surface area contributed by atoms with Gasteiger partial charge in [0.15, 0.2) is 0 Å². The summed E-state index contributed by atoms with van der Waals surface area (Å²) in [7, 11) is 0. The second-order valence-corrected chi connectivity index (χ2v) is 9.25. The van der Waals surface area contributed by atoms with Crippen LogP contribution in [0, 0.1) is 0 Å². The average molecular weight is 501 g/mol. The fraction of sp³-hybridized carbons (Fsp3) is 0.524. The minimum atomic E-state index is -1.19. The Labute approximate surface area is 201 Å². The van der Waals surface area contributed by atoms with Crippen LogP contribution in [0.5, 0.6) is 5.75 Å². The van der Waals surface area contributed by atoms with Gasteiger partial charge in [-0.2, -0.15) is 23.5 Å². The number of benzene rings is 1. The van der Waals surface area contributed by atoms with Crippen molar-refractivity contribution < 1.29 is 29.4 Å². The van der Waals surface area contributed by atoms with Crippen molar-refractivity contribution in [1.82, 2.24) is 16.0 Å². The fourth-order valence-corrected chi connectivity index (χ4v) is 3.77. The van der Waals surface area contributed by atoms with Crippen molar-refractivity contribution in [3.05, 3.63) is 29.8 Å². The number of phenols is 1. The fourth-order valence-electron chi connectivity index (χ4n) is 2.82. The third-order valence-corrected chi connectivity index (χ3v) is 5.92. The topological polar surface area (TPSA) is 171 Å². The second kappa shape index (κ2) is 15.4. The number of carboxylic acid groups (broad SMARTS) is 1. The first-order valence-corrected chi connectivity index (χ1v) is 13.1. The zero-order valence-corrected chi connectivity index (χ0v) is 20.3. The standard InChI is InChI=1S/C21H32N4O6S2/c1-32-9-7-16(20(30)23-12-18(27)28)25-21(31)17(8-10-33-2)24-19(29)15(22)11-13-3-5-14(26)6-4-13/h3-6,15-17,26H,7-12,22H2,1-2H3,(H,23,30)(H,24,29)(H,25,31)(H,27,28). The molecule has 0 saturated carbocycles. The van der Waals surface area contributed by atoms with Crippen LogP contribution in [0.15, 0.2) is 24.3 Å². The summed E-state index contributed by atoms with van der Waals surface area (Å²) in [5.74, 6) is -1.57. The SMILES string of the molecule is CSCCC(NC(=O)C(N)Cc1ccc(O)cc1)C(=O)NC(CCSC)C(=O)NCC(=O)O. The number of aliphatic carboxylic acids is 1. The number of amides is 3. The first kappa shape index (κ1) is 28.6. The molecule has 7 N–H and O–H groups in total. The normalized spacial score (nSPS) is 13.4. The lowest BCUT2D eigenvalue weighted by Crippen LogP contribution is -2.56. The molecule has 0 aliphatic heterocycles. The van der Waals surface area contributed by atoms with Gasteiger partial charge in [0.25, 0.3) is 0 Å². The van der Waals surface area contributed by atoms with Gasteiger partial charge in [-0.1, -0.05) is 12.1 Å². The summed E-state index contributed by atoms with van der Waals surface area (Å²) in [4.78, 5) is 48.7. The molecule has 1 aromatic rings. The van der Waals surface area contributed by atoms with Crippen molar-refractivity contribution in [3.63, 3.8) is 0 Å². The summed E-state index contributed by atoms with van der Waals surface area (Å²) in [5.41, 5.74) is 6.77. The molecule has 0 aromatic heterocycles. The number of carbonyl (C=O) groups is 4. The number of nitrogens with one attached hydrogen (secondary N) is 3. The molecule has 3 atom stereocenters. The highest BCUT2D eigenvalue weighted by Crippen LogP contribution is 2.11. The maximum absolute atomic E-state index is 12.9. The molecule has 0 aliphatic rings. The van der Waals surface area contributed by atoms with E-state index < -0.39 is 48.4 Å². The largest absolute Gasteiger partial charge is 0.508 e. The van der Waals surface area contributed by atoms with Gasteiger partial charge in [0.05, 0.1) is 6.04 Å². The summed E-state index contributed by atoms with van der Waals surface area (Å²) >= 11 is 2.99. The highest BCUT2D eigenvalue weighted by molar-refractivity contribution is 7.98. The van der Waals surface area contributed by atoms with Crippen LogP contribution < -0.4 is 21.7 Å². The number of carboxylic acids is 1. The van der Waals surface area contributed by atoms with Gasteiger partial charge in [-0.15, -0.1) is 0 Å². The van der Waals surface area contributed by atoms with Crippen molar-refractivity contribution in [3.8, 4) is 5.75 Å². The van der Waals surface area contributed by atoms with E-state index in [4.69, 9.17) is 10.8 Å². The summed E-state index contributed by atoms with van der Waals surface area (Å²) in [6, 6.07) is 3.57. The second-order valence-electron chi connectivity index (χ2n) is 7.27. The smallest absolute Gasteiger partial charge is 0.322 e. The molecule has 0 aliphatic carbocycles. The Morgan fingerprint density at radius 2 is 1.42 bits per heavy atom. The van der Waals surface area contributed by atoms with Crippen molar-refractivity contribution in [1.29, 1.82) is 0 Å². The van der Waals surface area contributed by atoms with Gasteiger partial charge in [0.2, 0.25) is 17.7 Å². The number of rotatable bonds is 15. The maximum Gasteiger partial charge on any atom is 0.322 e. The zero-order chi connectivity index (χ0) is 24.8. The molecule has 33 heavy (non-hydrogen) atoms. The third-order valence-electron chi connectivity index (χ3n) is 4.63. The number of thioether (sulfide) groups is 2. The molecule has 12 heteroatoms. The van der Waals surface area contributed by atoms with Crippen LogP contribution in [-0.2, 0) is 25.6 Å². The molecule has 0 radical (unpaired) electrons. The van der Waals surface area contributed by atoms with E-state index in [0.717, 1.165) is 5.56 Å². The van der Waals surface area contributed by atoms with Crippen LogP contribution in [0.4, 0.5) is 0 Å². The molecular formula is C21H32N4O6S2. The van der Waals surface area contributed by atoms with E-state index in [2.05, 4.69) is 16.0 Å². The Balaban J connectivity index is 2.82. The minimum Gasteiger partial charge on any atom is -0.508 e. The molecular weight excluding hydrogens is 468 g/mol. The maximum atomic E-state index is 12.9. The van der Waals surface area contributed by atoms with Crippen molar-refractivity contribution in [2.75, 3.05) is 30.6 Å². The predicted molar refractivity (Wildman–Crippen MR) is 130 cm³/mol. The number of aromatic hydroxyl groups is 1. The van der Waals surface area contributed by atoms with E-state index in [1.165, 1.54) is 35.7 Å². The first-order valence-electron chi connectivity index (χ1n) is 10.3. The number of carbonyl (C=O) groups excluding carboxylic acids is 3. The Morgan fingerprint density at radius 3 is 1.94 bits per heavy atom. The van der Waals surface area contributed by atoms with Crippen molar-refractivity contribution >= 4 is 47.2 Å². The van der Waals surface area contributed by atoms with Crippen LogP contribution in [0.2, 0.25) is 0 Å². The molecule has 0 fully saturated rings. The van der Waals surface area contributed by atoms with Gasteiger partial charge in [-0.3, -0.25) is 19.2 Å². The quantitative estimate of drug-likeness (QED) is 0.193. The Morgan fingerprint density at radius 1 is 0.909 bits per heavy atom. The molecule has 184 valence electrons. The minimum absolute atomic E-state index is 0.106. The summed E-state index contributed by atoms with van der Waals surface area (Å²) in [5, 5.41) is 25.7. The number of hydrogen-bond acceptors (Lipinski definition) is 8. The molecule has 3 amide bonds. The lowest BCUT2D eigenvalue weighted by molar-refractivity contribution is -0.138. The van der Waals surface area contributed by atoms with E-state index in [1.807, 2.05) is 12.5 Å². The Kier molecular flexibility index (Phi) is 13.3. The Bertz CT molecular complexity index is 793. The number of phenolic OH excluding ortho intramolecular Hbond substituents is 1. The van der Waals surface area contributed by atoms with E-state index in [-0.39, 0.29) is 12.2 Å². The molecule has 0 saturated heterocycles. The first-order chi connectivity index (χ1) is 15.7. The molecule has 0 spiro atoms. The van der Waals surface area contributed by atoms with Gasteiger partial charge in [-0.25, -0.2) is 0 Å². The lowest BCUT2D eigenvalue weighted by atomic mass is 10.0. The molecule has 0 bridgehead atoms. The van der Waals surface area contributed by atoms with Crippen LogP contribution in [0.3, 0.4) is 0 Å². The van der Waals surface area contributed by atoms with Crippen LogP contribution in [-0.4, -0.2) is 82.6 Å². The van der Waals surface area contributed by atoms with Crippen LogP contribution in [0.25, 0.3) is 0 Å². The molecule has 1 aromatic carbocycles. The third kappa shape index (κ3) is 11.3. The molecule has 3 unspecified atom stereocenters. The molecule has 10 nitrogen and oxygen atoms in total. The Hall–Kier alpha value is -2.44. The average Bonchev–Trinajstić information content (AvgIpc) is 2.78. The highest BCUT2D eigenvalue weighted by atomic mass is 32.2. The number of hydrogen-bond donors (Lipinski definition) is 6. The summed E-state index contributed by atoms with van der Waals surface area (Å²) in [6.45, 7) is -0.552. The molecule has 0 heterocycles. The van der Waals surface area contributed by atoms with E-state index in [0.29, 0.717) is 24.3 Å². The van der Waals surface area contributed by atoms with E-state index >= 15 is 0 Å². The van der Waals surface area contributed by atoms with Gasteiger partial charge in [0.1, 0.15) is 24.4 Å². The van der Waals surface area contributed by atoms with E-state index in [1.54, 1.807) is 12.1 Å². The van der Waals surface area contributed by atoms with Gasteiger partial charge < -0.3 is 31.9 Å². The molecule has 1 rings (SSSR count). The zero-order valence-electron chi connectivity index (χ0n) is 18.7. The number of nitrogens with two attached hydrogens (primary N) is 1. The lowest BCUT2D eigenvalue weighted by Gasteiger charge is -2.24. The van der Waals surface area contributed by atoms with Crippen molar-refractivity contribution in [2.24, 2.45) is 5.73 Å². The highest BCUT2D eigenvalue weighted by Gasteiger charge is 2.28. The van der Waals surface area contributed by atoms with Gasteiger partial charge >= 0.3 is 5.97 Å². The monoisotopic (exact) mass is 500 g/mol. The predicted octanol–water partition coefficient (Wildman–Crippen LogP) is -0.0614. The van der Waals surface area contributed by atoms with E-state index in [9.17, 15) is 24.3 Å². The van der Waals surface area contributed by atoms with Crippen LogP contribution in [0.1, 0.15) is 18.4 Å². The van der Waals surface area contributed by atoms with Gasteiger partial charge in [-0.05, 0) is 61.0 Å². The summed E-state index contributed by atoms with van der Waals surface area (Å²) < 4.78 is 0. The van der Waals surface area contributed by atoms with Crippen LogP contribution >= 0.6 is 23.5 Å². The summed E-state index contributed by atoms with van der Waals surface area (Å²) in [6.07, 6.45) is 4.58.